The van der Waals surface area contributed by atoms with Crippen LogP contribution in [0.15, 0.2) is 35.3 Å². The van der Waals surface area contributed by atoms with Gasteiger partial charge in [0.25, 0.3) is 0 Å². The maximum absolute atomic E-state index is 6.11. The van der Waals surface area contributed by atoms with Crippen molar-refractivity contribution in [2.45, 2.75) is 52.7 Å². The smallest absolute Gasteiger partial charge is 0.191 e. The van der Waals surface area contributed by atoms with Gasteiger partial charge in [0, 0.05) is 32.7 Å². The van der Waals surface area contributed by atoms with E-state index >= 15 is 0 Å². The van der Waals surface area contributed by atoms with Crippen molar-refractivity contribution in [3.63, 3.8) is 0 Å². The molecule has 0 aliphatic carbocycles. The number of ether oxygens (including phenoxy) is 2. The average Bonchev–Trinajstić information content (AvgIpc) is 2.66. The fraction of sp³-hybridized carbons (Fsp3) is 0.682. The van der Waals surface area contributed by atoms with E-state index in [-0.39, 0.29) is 17.6 Å². The fourth-order valence-electron chi connectivity index (χ4n) is 3.51. The molecule has 5 heteroatoms. The van der Waals surface area contributed by atoms with Gasteiger partial charge in [0.05, 0.1) is 18.8 Å². The van der Waals surface area contributed by atoms with Gasteiger partial charge in [-0.1, -0.05) is 51.1 Å². The Labute approximate surface area is 164 Å². The zero-order valence-corrected chi connectivity index (χ0v) is 17.6. The highest BCUT2D eigenvalue weighted by Gasteiger charge is 2.28. The van der Waals surface area contributed by atoms with E-state index < -0.39 is 0 Å². The van der Waals surface area contributed by atoms with E-state index in [1.807, 2.05) is 0 Å². The van der Waals surface area contributed by atoms with Crippen molar-refractivity contribution in [1.29, 1.82) is 0 Å². The lowest BCUT2D eigenvalue weighted by molar-refractivity contribution is -0.0265. The Morgan fingerprint density at radius 1 is 1.26 bits per heavy atom. The van der Waals surface area contributed by atoms with E-state index in [4.69, 9.17) is 14.5 Å². The van der Waals surface area contributed by atoms with Gasteiger partial charge >= 0.3 is 0 Å². The molecule has 1 aromatic carbocycles. The molecule has 1 aliphatic heterocycles. The molecule has 0 radical (unpaired) electrons. The lowest BCUT2D eigenvalue weighted by Crippen LogP contribution is -2.43. The lowest BCUT2D eigenvalue weighted by atomic mass is 9.89. The Balaban J connectivity index is 1.99. The van der Waals surface area contributed by atoms with Gasteiger partial charge in [0.1, 0.15) is 0 Å². The summed E-state index contributed by atoms with van der Waals surface area (Å²) in [7, 11) is 1.76. The molecule has 1 saturated heterocycles. The molecular formula is C22H37N3O2. The van der Waals surface area contributed by atoms with Gasteiger partial charge in [-0.3, -0.25) is 4.99 Å². The molecule has 0 aromatic heterocycles. The Morgan fingerprint density at radius 3 is 2.63 bits per heavy atom. The van der Waals surface area contributed by atoms with Crippen molar-refractivity contribution in [3.05, 3.63) is 35.9 Å². The van der Waals surface area contributed by atoms with E-state index in [0.717, 1.165) is 38.5 Å². The predicted molar refractivity (Wildman–Crippen MR) is 112 cm³/mol. The minimum Gasteiger partial charge on any atom is -0.379 e. The maximum Gasteiger partial charge on any atom is 0.191 e. The first-order valence-electron chi connectivity index (χ1n) is 10.2. The van der Waals surface area contributed by atoms with Crippen LogP contribution in [-0.2, 0) is 9.47 Å². The molecule has 152 valence electrons. The average molecular weight is 376 g/mol. The summed E-state index contributed by atoms with van der Waals surface area (Å²) in [4.78, 5) is 4.76. The molecule has 2 N–H and O–H groups in total. The molecule has 0 saturated carbocycles. The quantitative estimate of drug-likeness (QED) is 0.563. The molecule has 3 atom stereocenters. The highest BCUT2D eigenvalue weighted by molar-refractivity contribution is 5.79. The van der Waals surface area contributed by atoms with Crippen LogP contribution < -0.4 is 10.6 Å². The number of methoxy groups -OCH3 is 1. The van der Waals surface area contributed by atoms with Crippen molar-refractivity contribution in [2.24, 2.45) is 16.3 Å². The van der Waals surface area contributed by atoms with E-state index in [9.17, 15) is 0 Å². The van der Waals surface area contributed by atoms with Crippen LogP contribution in [0.3, 0.4) is 0 Å². The summed E-state index contributed by atoms with van der Waals surface area (Å²) in [6.45, 7) is 11.8. The van der Waals surface area contributed by atoms with Crippen LogP contribution in [0.25, 0.3) is 0 Å². The lowest BCUT2D eigenvalue weighted by Gasteiger charge is -2.33. The number of hydrogen-bond acceptors (Lipinski definition) is 3. The second kappa shape index (κ2) is 10.7. The van der Waals surface area contributed by atoms with Crippen LogP contribution >= 0.6 is 0 Å². The van der Waals surface area contributed by atoms with Crippen LogP contribution in [0, 0.1) is 11.3 Å². The molecule has 0 amide bonds. The Kier molecular flexibility index (Phi) is 8.58. The largest absolute Gasteiger partial charge is 0.379 e. The molecular weight excluding hydrogens is 338 g/mol. The van der Waals surface area contributed by atoms with Crippen molar-refractivity contribution in [1.82, 2.24) is 10.6 Å². The number of benzene rings is 1. The van der Waals surface area contributed by atoms with Crippen LogP contribution in [0.4, 0.5) is 0 Å². The second-order valence-electron chi connectivity index (χ2n) is 8.30. The molecule has 2 rings (SSSR count). The third-order valence-corrected chi connectivity index (χ3v) is 5.11. The molecule has 0 bridgehead atoms. The molecule has 1 heterocycles. The maximum atomic E-state index is 6.11. The Bertz CT molecular complexity index is 569. The summed E-state index contributed by atoms with van der Waals surface area (Å²) >= 11 is 0. The van der Waals surface area contributed by atoms with Gasteiger partial charge in [-0.25, -0.2) is 0 Å². The van der Waals surface area contributed by atoms with Gasteiger partial charge in [-0.05, 0) is 30.7 Å². The zero-order valence-electron chi connectivity index (χ0n) is 17.6. The number of hydrogen-bond donors (Lipinski definition) is 2. The molecule has 1 aromatic rings. The van der Waals surface area contributed by atoms with Gasteiger partial charge in [-0.15, -0.1) is 0 Å². The number of guanidine groups is 1. The van der Waals surface area contributed by atoms with Crippen molar-refractivity contribution in [3.8, 4) is 0 Å². The van der Waals surface area contributed by atoms with Crippen LogP contribution in [0.2, 0.25) is 0 Å². The SMILES string of the molecule is CCNC(=NCC(OC)C(C)(C)C)NCC1CCCOC1c1ccccc1. The number of aliphatic imine (C=N–C) groups is 1. The predicted octanol–water partition coefficient (Wildman–Crippen LogP) is 3.77. The molecule has 3 unspecified atom stereocenters. The third-order valence-electron chi connectivity index (χ3n) is 5.11. The summed E-state index contributed by atoms with van der Waals surface area (Å²) in [5.74, 6) is 1.28. The molecule has 0 spiro atoms. The molecule has 1 aliphatic rings. The Hall–Kier alpha value is -1.59. The van der Waals surface area contributed by atoms with Crippen LogP contribution in [0.1, 0.15) is 52.2 Å². The van der Waals surface area contributed by atoms with E-state index in [1.54, 1.807) is 7.11 Å². The third kappa shape index (κ3) is 6.82. The van der Waals surface area contributed by atoms with Gasteiger partial charge in [-0.2, -0.15) is 0 Å². The fourth-order valence-corrected chi connectivity index (χ4v) is 3.51. The van der Waals surface area contributed by atoms with Crippen molar-refractivity contribution in [2.75, 3.05) is 33.4 Å². The summed E-state index contributed by atoms with van der Waals surface area (Å²) in [6, 6.07) is 10.5. The minimum atomic E-state index is 0.0607. The van der Waals surface area contributed by atoms with Gasteiger partial charge in [0.2, 0.25) is 0 Å². The standard InChI is InChI=1S/C22H37N3O2/c1-6-23-21(25-16-19(26-5)22(2,3)4)24-15-18-13-10-14-27-20(18)17-11-8-7-9-12-17/h7-9,11-12,18-20H,6,10,13-16H2,1-5H3,(H2,23,24,25). The van der Waals surface area contributed by atoms with Crippen molar-refractivity contribution < 1.29 is 9.47 Å². The highest BCUT2D eigenvalue weighted by atomic mass is 16.5. The summed E-state index contributed by atoms with van der Waals surface area (Å²) in [6.07, 6.45) is 2.51. The zero-order chi connectivity index (χ0) is 19.7. The second-order valence-corrected chi connectivity index (χ2v) is 8.30. The summed E-state index contributed by atoms with van der Waals surface area (Å²) < 4.78 is 11.7. The summed E-state index contributed by atoms with van der Waals surface area (Å²) in [5, 5.41) is 6.87. The van der Waals surface area contributed by atoms with Crippen LogP contribution in [0.5, 0.6) is 0 Å². The van der Waals surface area contributed by atoms with Gasteiger partial charge in [0.15, 0.2) is 5.96 Å². The highest BCUT2D eigenvalue weighted by Crippen LogP contribution is 2.33. The number of rotatable bonds is 7. The number of nitrogens with zero attached hydrogens (tertiary/aromatic N) is 1. The normalized spacial score (nSPS) is 22.3. The molecule has 5 nitrogen and oxygen atoms in total. The first-order valence-corrected chi connectivity index (χ1v) is 10.2. The topological polar surface area (TPSA) is 54.9 Å². The number of nitrogens with one attached hydrogen (secondary N) is 2. The first kappa shape index (κ1) is 21.7. The molecule has 1 fully saturated rings. The Morgan fingerprint density at radius 2 is 2.00 bits per heavy atom. The van der Waals surface area contributed by atoms with E-state index in [2.05, 4.69) is 68.7 Å². The monoisotopic (exact) mass is 375 g/mol. The van der Waals surface area contributed by atoms with Crippen LogP contribution in [-0.4, -0.2) is 45.4 Å². The van der Waals surface area contributed by atoms with E-state index in [0.29, 0.717) is 12.5 Å². The summed E-state index contributed by atoms with van der Waals surface area (Å²) in [5.41, 5.74) is 1.32. The minimum absolute atomic E-state index is 0.0607. The molecule has 27 heavy (non-hydrogen) atoms. The first-order chi connectivity index (χ1) is 13.0. The van der Waals surface area contributed by atoms with E-state index in [1.165, 1.54) is 5.56 Å². The van der Waals surface area contributed by atoms with Crippen molar-refractivity contribution >= 4 is 5.96 Å². The van der Waals surface area contributed by atoms with Gasteiger partial charge < -0.3 is 20.1 Å².